The average molecular weight is 637 g/mol. The highest BCUT2D eigenvalue weighted by Crippen LogP contribution is 2.36. The third kappa shape index (κ3) is 7.62. The summed E-state index contributed by atoms with van der Waals surface area (Å²) in [5.74, 6) is -1.19. The SMILES string of the molecule is CCCC(CCC)c1ccc(COc2ccc(-c3csc(CC4(C(C(=O)O)C(=O)c5ccc(OC)cc5)C=CC=N4)n3)cc2)cc1. The Labute approximate surface area is 274 Å². The quantitative estimate of drug-likeness (QED) is 0.0977. The van der Waals surface area contributed by atoms with Gasteiger partial charge in [-0.3, -0.25) is 14.6 Å². The standard InChI is InChI=1S/C38H40N2O5S/c1-4-7-27(8-5-2)28-11-9-26(10-12-28)24-45-32-19-13-29(14-20-32)33-25-46-34(40-33)23-38(21-6-22-39-38)35(37(42)43)36(41)30-15-17-31(44-3)18-16-30/h6,9-22,25,27,35H,4-5,7-8,23-24H2,1-3H3,(H,42,43). The number of aliphatic carboxylic acids is 1. The summed E-state index contributed by atoms with van der Waals surface area (Å²) >= 11 is 1.42. The highest BCUT2D eigenvalue weighted by atomic mass is 32.1. The minimum atomic E-state index is -1.41. The van der Waals surface area contributed by atoms with Crippen molar-refractivity contribution in [1.82, 2.24) is 4.98 Å². The number of ether oxygens (including phenoxy) is 2. The van der Waals surface area contributed by atoms with Gasteiger partial charge in [0.2, 0.25) is 0 Å². The van der Waals surface area contributed by atoms with Crippen molar-refractivity contribution in [3.8, 4) is 22.8 Å². The minimum absolute atomic E-state index is 0.182. The van der Waals surface area contributed by atoms with Gasteiger partial charge in [-0.05, 0) is 84.5 Å². The van der Waals surface area contributed by atoms with E-state index in [-0.39, 0.29) is 12.0 Å². The predicted molar refractivity (Wildman–Crippen MR) is 183 cm³/mol. The Morgan fingerprint density at radius 1 is 0.913 bits per heavy atom. The van der Waals surface area contributed by atoms with E-state index in [0.29, 0.717) is 23.3 Å². The maximum atomic E-state index is 13.5. The number of hydrogen-bond acceptors (Lipinski definition) is 7. The molecule has 7 nitrogen and oxygen atoms in total. The number of Topliss-reactive ketones (excluding diaryl/α,β-unsaturated/α-hetero) is 1. The van der Waals surface area contributed by atoms with E-state index >= 15 is 0 Å². The molecule has 4 aromatic rings. The van der Waals surface area contributed by atoms with Crippen molar-refractivity contribution < 1.29 is 24.2 Å². The summed E-state index contributed by atoms with van der Waals surface area (Å²) in [5, 5.41) is 12.9. The molecular formula is C38H40N2O5S. The molecule has 2 atom stereocenters. The molecule has 0 saturated carbocycles. The van der Waals surface area contributed by atoms with Gasteiger partial charge in [0, 0.05) is 29.1 Å². The minimum Gasteiger partial charge on any atom is -0.497 e. The molecule has 1 aromatic heterocycles. The van der Waals surface area contributed by atoms with Crippen LogP contribution in [-0.4, -0.2) is 40.7 Å². The normalized spacial score (nSPS) is 16.1. The Kier molecular flexibility index (Phi) is 10.8. The monoisotopic (exact) mass is 636 g/mol. The Morgan fingerprint density at radius 2 is 1.59 bits per heavy atom. The van der Waals surface area contributed by atoms with Gasteiger partial charge >= 0.3 is 5.97 Å². The van der Waals surface area contributed by atoms with Crippen LogP contribution in [0.15, 0.2) is 95.3 Å². The summed E-state index contributed by atoms with van der Waals surface area (Å²) in [6.07, 6.45) is 9.94. The third-order valence-corrected chi connectivity index (χ3v) is 9.29. The molecule has 0 fully saturated rings. The molecule has 0 radical (unpaired) electrons. The molecule has 1 aliphatic heterocycles. The van der Waals surface area contributed by atoms with Gasteiger partial charge in [-0.2, -0.15) is 0 Å². The van der Waals surface area contributed by atoms with Crippen LogP contribution < -0.4 is 9.47 Å². The Morgan fingerprint density at radius 3 is 2.17 bits per heavy atom. The van der Waals surface area contributed by atoms with E-state index in [1.165, 1.54) is 49.7 Å². The van der Waals surface area contributed by atoms with Gasteiger partial charge in [-0.1, -0.05) is 57.0 Å². The number of ketones is 1. The molecule has 5 rings (SSSR count). The molecule has 0 aliphatic carbocycles. The fourth-order valence-corrected chi connectivity index (χ4v) is 6.91. The van der Waals surface area contributed by atoms with Crippen LogP contribution in [-0.2, 0) is 17.8 Å². The van der Waals surface area contributed by atoms with Crippen molar-refractivity contribution in [1.29, 1.82) is 0 Å². The van der Waals surface area contributed by atoms with Crippen molar-refractivity contribution >= 4 is 29.3 Å². The van der Waals surface area contributed by atoms with Gasteiger partial charge in [0.25, 0.3) is 0 Å². The van der Waals surface area contributed by atoms with Crippen molar-refractivity contribution in [2.45, 2.75) is 64.0 Å². The summed E-state index contributed by atoms with van der Waals surface area (Å²) < 4.78 is 11.2. The van der Waals surface area contributed by atoms with Crippen LogP contribution in [0.1, 0.15) is 71.9 Å². The molecule has 3 aromatic carbocycles. The molecule has 0 amide bonds. The molecule has 1 N–H and O–H groups in total. The number of aliphatic imine (C=N–C) groups is 1. The molecule has 238 valence electrons. The van der Waals surface area contributed by atoms with Crippen molar-refractivity contribution in [2.75, 3.05) is 7.11 Å². The van der Waals surface area contributed by atoms with Crippen LogP contribution in [0.25, 0.3) is 11.3 Å². The number of carboxylic acid groups (broad SMARTS) is 1. The van der Waals surface area contributed by atoms with Crippen LogP contribution in [0, 0.1) is 5.92 Å². The third-order valence-electron chi connectivity index (χ3n) is 8.44. The summed E-state index contributed by atoms with van der Waals surface area (Å²) in [4.78, 5) is 35.4. The summed E-state index contributed by atoms with van der Waals surface area (Å²) in [7, 11) is 1.53. The smallest absolute Gasteiger partial charge is 0.317 e. The van der Waals surface area contributed by atoms with E-state index < -0.39 is 23.2 Å². The number of hydrogen-bond donors (Lipinski definition) is 1. The number of rotatable bonds is 16. The first-order valence-corrected chi connectivity index (χ1v) is 16.6. The van der Waals surface area contributed by atoms with Crippen LogP contribution in [0.4, 0.5) is 0 Å². The molecule has 46 heavy (non-hydrogen) atoms. The highest BCUT2D eigenvalue weighted by Gasteiger charge is 2.47. The molecule has 0 spiro atoms. The second kappa shape index (κ2) is 15.1. The lowest BCUT2D eigenvalue weighted by Crippen LogP contribution is -2.45. The Balaban J connectivity index is 1.25. The predicted octanol–water partition coefficient (Wildman–Crippen LogP) is 8.59. The molecule has 2 unspecified atom stereocenters. The summed E-state index contributed by atoms with van der Waals surface area (Å²) in [6.45, 7) is 4.98. The lowest BCUT2D eigenvalue weighted by Gasteiger charge is -2.29. The molecule has 1 aliphatic rings. The Hall–Kier alpha value is -4.56. The zero-order chi connectivity index (χ0) is 32.5. The number of nitrogens with zero attached hydrogens (tertiary/aromatic N) is 2. The number of methoxy groups -OCH3 is 1. The fourth-order valence-electron chi connectivity index (χ4n) is 6.00. The molecular weight excluding hydrogens is 596 g/mol. The molecule has 0 saturated heterocycles. The fraction of sp³-hybridized carbons (Fsp3) is 0.316. The summed E-state index contributed by atoms with van der Waals surface area (Å²) in [5.41, 5.74) is 3.23. The lowest BCUT2D eigenvalue weighted by molar-refractivity contribution is -0.141. The second-order valence-corrected chi connectivity index (χ2v) is 12.6. The van der Waals surface area contributed by atoms with E-state index in [0.717, 1.165) is 22.6 Å². The van der Waals surface area contributed by atoms with Crippen LogP contribution in [0.3, 0.4) is 0 Å². The van der Waals surface area contributed by atoms with Gasteiger partial charge in [-0.15, -0.1) is 11.3 Å². The van der Waals surface area contributed by atoms with Crippen LogP contribution in [0.2, 0.25) is 0 Å². The van der Waals surface area contributed by atoms with Crippen molar-refractivity contribution in [3.05, 3.63) is 112 Å². The average Bonchev–Trinajstić information content (AvgIpc) is 3.74. The molecule has 8 heteroatoms. The van der Waals surface area contributed by atoms with E-state index in [1.54, 1.807) is 42.6 Å². The number of aromatic nitrogens is 1. The van der Waals surface area contributed by atoms with Gasteiger partial charge in [-0.25, -0.2) is 4.98 Å². The first-order chi connectivity index (χ1) is 22.4. The van der Waals surface area contributed by atoms with E-state index in [2.05, 4.69) is 43.1 Å². The number of carbonyl (C=O) groups is 2. The van der Waals surface area contributed by atoms with Crippen LogP contribution >= 0.6 is 11.3 Å². The maximum Gasteiger partial charge on any atom is 0.317 e. The lowest BCUT2D eigenvalue weighted by atomic mass is 9.77. The van der Waals surface area contributed by atoms with Gasteiger partial charge in [0.05, 0.1) is 17.8 Å². The van der Waals surface area contributed by atoms with Crippen molar-refractivity contribution in [3.63, 3.8) is 0 Å². The first-order valence-electron chi connectivity index (χ1n) is 15.8. The van der Waals surface area contributed by atoms with E-state index in [4.69, 9.17) is 14.5 Å². The second-order valence-electron chi connectivity index (χ2n) is 11.6. The van der Waals surface area contributed by atoms with Crippen LogP contribution in [0.5, 0.6) is 11.5 Å². The number of benzene rings is 3. The summed E-state index contributed by atoms with van der Waals surface area (Å²) in [6, 6.07) is 23.0. The van der Waals surface area contributed by atoms with E-state index in [9.17, 15) is 14.7 Å². The highest BCUT2D eigenvalue weighted by molar-refractivity contribution is 7.10. The largest absolute Gasteiger partial charge is 0.497 e. The number of allylic oxidation sites excluding steroid dienone is 1. The van der Waals surface area contributed by atoms with Gasteiger partial charge in [0.15, 0.2) is 5.78 Å². The Bertz CT molecular complexity index is 1660. The number of thiazole rings is 1. The molecule has 2 heterocycles. The number of carbonyl (C=O) groups excluding carboxylic acids is 1. The van der Waals surface area contributed by atoms with Crippen molar-refractivity contribution in [2.24, 2.45) is 10.9 Å². The first kappa shape index (κ1) is 32.8. The topological polar surface area (TPSA) is 98.1 Å². The maximum absolute atomic E-state index is 13.5. The van der Waals surface area contributed by atoms with E-state index in [1.807, 2.05) is 29.6 Å². The van der Waals surface area contributed by atoms with Gasteiger partial charge in [0.1, 0.15) is 29.6 Å². The zero-order valence-electron chi connectivity index (χ0n) is 26.5. The van der Waals surface area contributed by atoms with Gasteiger partial charge < -0.3 is 14.6 Å². The molecule has 0 bridgehead atoms. The zero-order valence-corrected chi connectivity index (χ0v) is 27.3. The number of carboxylic acids is 1.